The topological polar surface area (TPSA) is 32.5 Å². The predicted molar refractivity (Wildman–Crippen MR) is 88.3 cm³/mol. The Labute approximate surface area is 130 Å². The lowest BCUT2D eigenvalue weighted by atomic mass is 10.0. The SMILES string of the molecule is CC(N)Cc1ccc(Br)cc1N1CCN(C2CC2)CC1. The third-order valence-corrected chi connectivity index (χ3v) is 4.80. The van der Waals surface area contributed by atoms with Crippen LogP contribution in [0.4, 0.5) is 5.69 Å². The van der Waals surface area contributed by atoms with E-state index in [1.165, 1.54) is 37.2 Å². The maximum Gasteiger partial charge on any atom is 0.0411 e. The van der Waals surface area contributed by atoms with Gasteiger partial charge in [0.05, 0.1) is 0 Å². The average Bonchev–Trinajstić information content (AvgIpc) is 3.25. The smallest absolute Gasteiger partial charge is 0.0411 e. The van der Waals surface area contributed by atoms with Crippen LogP contribution < -0.4 is 10.6 Å². The Hall–Kier alpha value is -0.580. The van der Waals surface area contributed by atoms with Gasteiger partial charge in [-0.1, -0.05) is 22.0 Å². The van der Waals surface area contributed by atoms with Crippen LogP contribution in [-0.2, 0) is 6.42 Å². The number of hydrogen-bond donors (Lipinski definition) is 1. The minimum atomic E-state index is 0.211. The van der Waals surface area contributed by atoms with Crippen molar-refractivity contribution in [1.29, 1.82) is 0 Å². The first-order valence-corrected chi connectivity index (χ1v) is 8.46. The number of nitrogens with two attached hydrogens (primary N) is 1. The molecule has 2 N–H and O–H groups in total. The Kier molecular flexibility index (Phi) is 4.34. The molecule has 0 radical (unpaired) electrons. The van der Waals surface area contributed by atoms with E-state index in [0.29, 0.717) is 0 Å². The first kappa shape index (κ1) is 14.4. The normalized spacial score (nSPS) is 22.1. The van der Waals surface area contributed by atoms with Crippen molar-refractivity contribution < 1.29 is 0 Å². The molecule has 110 valence electrons. The largest absolute Gasteiger partial charge is 0.369 e. The molecule has 1 atom stereocenters. The van der Waals surface area contributed by atoms with Crippen LogP contribution in [0, 0.1) is 0 Å². The second kappa shape index (κ2) is 6.04. The monoisotopic (exact) mass is 337 g/mol. The van der Waals surface area contributed by atoms with Gasteiger partial charge < -0.3 is 10.6 Å². The molecule has 1 aromatic rings. The van der Waals surface area contributed by atoms with Crippen molar-refractivity contribution >= 4 is 21.6 Å². The van der Waals surface area contributed by atoms with Gasteiger partial charge in [0.15, 0.2) is 0 Å². The van der Waals surface area contributed by atoms with Crippen molar-refractivity contribution in [2.45, 2.75) is 38.3 Å². The zero-order valence-corrected chi connectivity index (χ0v) is 13.8. The number of rotatable bonds is 4. The molecule has 2 fully saturated rings. The Morgan fingerprint density at radius 1 is 1.25 bits per heavy atom. The maximum absolute atomic E-state index is 5.99. The maximum atomic E-state index is 5.99. The highest BCUT2D eigenvalue weighted by Crippen LogP contribution is 2.31. The minimum absolute atomic E-state index is 0.211. The molecular formula is C16H24BrN3. The molecule has 3 rings (SSSR count). The minimum Gasteiger partial charge on any atom is -0.369 e. The van der Waals surface area contributed by atoms with Crippen LogP contribution >= 0.6 is 15.9 Å². The van der Waals surface area contributed by atoms with Gasteiger partial charge in [-0.3, -0.25) is 4.90 Å². The van der Waals surface area contributed by atoms with E-state index in [2.05, 4.69) is 50.9 Å². The fraction of sp³-hybridized carbons (Fsp3) is 0.625. The zero-order valence-electron chi connectivity index (χ0n) is 12.2. The van der Waals surface area contributed by atoms with Crippen molar-refractivity contribution in [3.8, 4) is 0 Å². The molecule has 3 nitrogen and oxygen atoms in total. The Morgan fingerprint density at radius 2 is 1.95 bits per heavy atom. The van der Waals surface area contributed by atoms with Gasteiger partial charge in [-0.05, 0) is 43.9 Å². The molecule has 1 aromatic carbocycles. The number of piperazine rings is 1. The van der Waals surface area contributed by atoms with E-state index in [4.69, 9.17) is 5.73 Å². The third-order valence-electron chi connectivity index (χ3n) is 4.31. The Morgan fingerprint density at radius 3 is 2.55 bits per heavy atom. The van der Waals surface area contributed by atoms with Gasteiger partial charge in [0.1, 0.15) is 0 Å². The van der Waals surface area contributed by atoms with E-state index < -0.39 is 0 Å². The van der Waals surface area contributed by atoms with Gasteiger partial charge in [0, 0.05) is 48.4 Å². The first-order chi connectivity index (χ1) is 9.63. The van der Waals surface area contributed by atoms with E-state index in [0.717, 1.165) is 30.0 Å². The summed E-state index contributed by atoms with van der Waals surface area (Å²) in [5.41, 5.74) is 8.74. The molecule has 1 aliphatic heterocycles. The van der Waals surface area contributed by atoms with Crippen molar-refractivity contribution in [3.63, 3.8) is 0 Å². The molecule has 1 unspecified atom stereocenters. The number of benzene rings is 1. The van der Waals surface area contributed by atoms with Crippen LogP contribution in [0.1, 0.15) is 25.3 Å². The summed E-state index contributed by atoms with van der Waals surface area (Å²) >= 11 is 3.61. The molecular weight excluding hydrogens is 314 g/mol. The summed E-state index contributed by atoms with van der Waals surface area (Å²) in [6.07, 6.45) is 3.77. The van der Waals surface area contributed by atoms with Gasteiger partial charge in [0.2, 0.25) is 0 Å². The molecule has 20 heavy (non-hydrogen) atoms. The first-order valence-electron chi connectivity index (χ1n) is 7.66. The Bertz CT molecular complexity index is 463. The summed E-state index contributed by atoms with van der Waals surface area (Å²) in [5.74, 6) is 0. The van der Waals surface area contributed by atoms with Crippen molar-refractivity contribution in [2.75, 3.05) is 31.1 Å². The number of nitrogens with zero attached hydrogens (tertiary/aromatic N) is 2. The highest BCUT2D eigenvalue weighted by molar-refractivity contribution is 9.10. The van der Waals surface area contributed by atoms with E-state index >= 15 is 0 Å². The van der Waals surface area contributed by atoms with Gasteiger partial charge in [0.25, 0.3) is 0 Å². The van der Waals surface area contributed by atoms with Crippen molar-refractivity contribution in [1.82, 2.24) is 4.90 Å². The van der Waals surface area contributed by atoms with Crippen LogP contribution in [0.15, 0.2) is 22.7 Å². The molecule has 1 heterocycles. The molecule has 0 amide bonds. The number of halogens is 1. The molecule has 2 aliphatic rings. The van der Waals surface area contributed by atoms with E-state index in [1.807, 2.05) is 0 Å². The predicted octanol–water partition coefficient (Wildman–Crippen LogP) is 2.62. The summed E-state index contributed by atoms with van der Waals surface area (Å²) in [5, 5.41) is 0. The van der Waals surface area contributed by atoms with Crippen LogP contribution in [0.2, 0.25) is 0 Å². The fourth-order valence-corrected chi connectivity index (χ4v) is 3.47. The summed E-state index contributed by atoms with van der Waals surface area (Å²) in [6, 6.07) is 7.70. The van der Waals surface area contributed by atoms with Crippen LogP contribution in [0.5, 0.6) is 0 Å². The average molecular weight is 338 g/mol. The van der Waals surface area contributed by atoms with Gasteiger partial charge in [-0.25, -0.2) is 0 Å². The van der Waals surface area contributed by atoms with E-state index in [1.54, 1.807) is 0 Å². The third kappa shape index (κ3) is 3.35. The molecule has 0 aromatic heterocycles. The molecule has 1 aliphatic carbocycles. The number of hydrogen-bond acceptors (Lipinski definition) is 3. The summed E-state index contributed by atoms with van der Waals surface area (Å²) in [6.45, 7) is 6.76. The van der Waals surface area contributed by atoms with E-state index in [-0.39, 0.29) is 6.04 Å². The lowest BCUT2D eigenvalue weighted by Crippen LogP contribution is -2.47. The number of anilines is 1. The quantitative estimate of drug-likeness (QED) is 0.916. The van der Waals surface area contributed by atoms with Crippen LogP contribution in [-0.4, -0.2) is 43.2 Å². The summed E-state index contributed by atoms with van der Waals surface area (Å²) in [7, 11) is 0. The molecule has 4 heteroatoms. The molecule has 0 bridgehead atoms. The standard InChI is InChI=1S/C16H24BrN3/c1-12(18)10-13-2-3-14(17)11-16(13)20-8-6-19(7-9-20)15-4-5-15/h2-3,11-12,15H,4-10,18H2,1H3. The molecule has 0 spiro atoms. The highest BCUT2D eigenvalue weighted by atomic mass is 79.9. The Balaban J connectivity index is 1.73. The zero-order chi connectivity index (χ0) is 14.1. The molecule has 1 saturated carbocycles. The van der Waals surface area contributed by atoms with Crippen molar-refractivity contribution in [3.05, 3.63) is 28.2 Å². The van der Waals surface area contributed by atoms with Crippen LogP contribution in [0.3, 0.4) is 0 Å². The summed E-state index contributed by atoms with van der Waals surface area (Å²) in [4.78, 5) is 5.18. The van der Waals surface area contributed by atoms with Gasteiger partial charge >= 0.3 is 0 Å². The van der Waals surface area contributed by atoms with Gasteiger partial charge in [-0.15, -0.1) is 0 Å². The second-order valence-electron chi connectivity index (χ2n) is 6.21. The lowest BCUT2D eigenvalue weighted by Gasteiger charge is -2.37. The molecule has 1 saturated heterocycles. The highest BCUT2D eigenvalue weighted by Gasteiger charge is 2.31. The van der Waals surface area contributed by atoms with Gasteiger partial charge in [-0.2, -0.15) is 0 Å². The van der Waals surface area contributed by atoms with Crippen molar-refractivity contribution in [2.24, 2.45) is 5.73 Å². The second-order valence-corrected chi connectivity index (χ2v) is 7.12. The van der Waals surface area contributed by atoms with E-state index in [9.17, 15) is 0 Å². The lowest BCUT2D eigenvalue weighted by molar-refractivity contribution is 0.248. The van der Waals surface area contributed by atoms with Crippen LogP contribution in [0.25, 0.3) is 0 Å². The fourth-order valence-electron chi connectivity index (χ4n) is 3.12. The summed E-state index contributed by atoms with van der Waals surface area (Å²) < 4.78 is 1.16.